The zero-order valence-electron chi connectivity index (χ0n) is 15.7. The average molecular weight is 372 g/mol. The first kappa shape index (κ1) is 18.0. The average Bonchev–Trinajstić information content (AvgIpc) is 3.15. The number of furan rings is 1. The molecule has 27 heavy (non-hydrogen) atoms. The number of esters is 2. The molecule has 0 amide bonds. The lowest BCUT2D eigenvalue weighted by Gasteiger charge is -2.63. The van der Waals surface area contributed by atoms with Crippen LogP contribution < -0.4 is 0 Å². The van der Waals surface area contributed by atoms with Crippen molar-refractivity contribution >= 4 is 18.0 Å². The van der Waals surface area contributed by atoms with E-state index in [9.17, 15) is 14.7 Å². The number of carbonyl (C=O) groups is 2. The fourth-order valence-electron chi connectivity index (χ4n) is 5.50. The third kappa shape index (κ3) is 2.29. The molecule has 0 unspecified atom stereocenters. The predicted molar refractivity (Wildman–Crippen MR) is 96.2 cm³/mol. The van der Waals surface area contributed by atoms with E-state index in [1.54, 1.807) is 24.7 Å². The minimum absolute atomic E-state index is 0.265. The maximum atomic E-state index is 12.6. The normalized spacial score (nSPS) is 42.8. The second-order valence-corrected chi connectivity index (χ2v) is 8.26. The van der Waals surface area contributed by atoms with Gasteiger partial charge < -0.3 is 19.0 Å². The molecule has 0 spiro atoms. The van der Waals surface area contributed by atoms with Gasteiger partial charge in [-0.2, -0.15) is 0 Å². The van der Waals surface area contributed by atoms with Crippen molar-refractivity contribution in [2.45, 2.75) is 38.4 Å². The summed E-state index contributed by atoms with van der Waals surface area (Å²) in [5, 5.41) is 11.2. The number of hydrogen-bond donors (Lipinski definition) is 1. The largest absolute Gasteiger partial charge is 0.472 e. The highest BCUT2D eigenvalue weighted by molar-refractivity contribution is 5.86. The quantitative estimate of drug-likeness (QED) is 0.649. The maximum absolute atomic E-state index is 12.6. The molecular weight excluding hydrogens is 348 g/mol. The van der Waals surface area contributed by atoms with E-state index in [-0.39, 0.29) is 11.9 Å². The first-order chi connectivity index (χ1) is 12.8. The lowest BCUT2D eigenvalue weighted by Crippen LogP contribution is -2.71. The molecule has 144 valence electrons. The lowest BCUT2D eigenvalue weighted by atomic mass is 9.43. The fourth-order valence-corrected chi connectivity index (χ4v) is 5.50. The van der Waals surface area contributed by atoms with Gasteiger partial charge in [0.05, 0.1) is 25.6 Å². The van der Waals surface area contributed by atoms with Gasteiger partial charge in [0.1, 0.15) is 6.10 Å². The van der Waals surface area contributed by atoms with E-state index in [1.165, 1.54) is 7.11 Å². The Kier molecular flexibility index (Phi) is 3.89. The van der Waals surface area contributed by atoms with Crippen molar-refractivity contribution in [1.82, 2.24) is 0 Å². The van der Waals surface area contributed by atoms with Crippen LogP contribution in [0.25, 0.3) is 6.08 Å². The van der Waals surface area contributed by atoms with Gasteiger partial charge in [-0.15, -0.1) is 0 Å². The molecule has 2 aliphatic heterocycles. The van der Waals surface area contributed by atoms with Crippen molar-refractivity contribution in [2.75, 3.05) is 7.11 Å². The molecule has 6 heteroatoms. The van der Waals surface area contributed by atoms with Crippen molar-refractivity contribution in [3.8, 4) is 0 Å². The molecule has 6 nitrogen and oxygen atoms in total. The van der Waals surface area contributed by atoms with Crippen molar-refractivity contribution in [3.05, 3.63) is 42.4 Å². The summed E-state index contributed by atoms with van der Waals surface area (Å²) in [6, 6.07) is 1.83. The zero-order chi connectivity index (χ0) is 19.4. The first-order valence-corrected chi connectivity index (χ1v) is 9.18. The Morgan fingerprint density at radius 1 is 1.41 bits per heavy atom. The monoisotopic (exact) mass is 372 g/mol. The molecule has 3 heterocycles. The Morgan fingerprint density at radius 3 is 2.81 bits per heavy atom. The molecular formula is C21H24O6. The van der Waals surface area contributed by atoms with E-state index < -0.39 is 34.4 Å². The maximum Gasteiger partial charge on any atom is 0.343 e. The van der Waals surface area contributed by atoms with E-state index >= 15 is 0 Å². The van der Waals surface area contributed by atoms with Gasteiger partial charge in [-0.3, -0.25) is 4.79 Å². The highest BCUT2D eigenvalue weighted by atomic mass is 16.6. The third-order valence-electron chi connectivity index (χ3n) is 7.00. The van der Waals surface area contributed by atoms with Crippen molar-refractivity contribution in [3.63, 3.8) is 0 Å². The van der Waals surface area contributed by atoms with Crippen molar-refractivity contribution in [2.24, 2.45) is 22.7 Å². The van der Waals surface area contributed by atoms with E-state index in [4.69, 9.17) is 13.9 Å². The summed E-state index contributed by atoms with van der Waals surface area (Å²) in [6.45, 7) is 3.91. The highest BCUT2D eigenvalue weighted by Gasteiger charge is 2.71. The summed E-state index contributed by atoms with van der Waals surface area (Å²) in [7, 11) is 1.39. The highest BCUT2D eigenvalue weighted by Crippen LogP contribution is 2.65. The molecule has 0 aromatic carbocycles. The minimum Gasteiger partial charge on any atom is -0.472 e. The smallest absolute Gasteiger partial charge is 0.343 e. The van der Waals surface area contributed by atoms with Gasteiger partial charge in [0, 0.05) is 22.3 Å². The van der Waals surface area contributed by atoms with Crippen LogP contribution in [0.1, 0.15) is 32.3 Å². The van der Waals surface area contributed by atoms with Crippen LogP contribution in [-0.2, 0) is 19.1 Å². The number of methoxy groups -OCH3 is 1. The second kappa shape index (κ2) is 5.83. The SMILES string of the molecule is COC(=O)[C@H]1CC[C@@]2(C)[C@H]([C@@H]3C=C[C@@]2(O)C(=O)O3)[C@@]1(C)/C=C/c1ccoc1. The summed E-state index contributed by atoms with van der Waals surface area (Å²) >= 11 is 0. The third-order valence-corrected chi connectivity index (χ3v) is 7.00. The number of hydrogen-bond acceptors (Lipinski definition) is 6. The topological polar surface area (TPSA) is 86.0 Å². The minimum atomic E-state index is -1.68. The first-order valence-electron chi connectivity index (χ1n) is 9.18. The Morgan fingerprint density at radius 2 is 2.19 bits per heavy atom. The molecule has 1 aromatic heterocycles. The number of aliphatic hydroxyl groups is 1. The summed E-state index contributed by atoms with van der Waals surface area (Å²) in [5.74, 6) is -1.57. The summed E-state index contributed by atoms with van der Waals surface area (Å²) in [5.41, 5.74) is -2.22. The Bertz CT molecular complexity index is 824. The fraction of sp³-hybridized carbons (Fsp3) is 0.524. The van der Waals surface area contributed by atoms with Crippen molar-refractivity contribution in [1.29, 1.82) is 0 Å². The van der Waals surface area contributed by atoms with Crippen LogP contribution in [0, 0.1) is 22.7 Å². The molecule has 4 aliphatic rings. The van der Waals surface area contributed by atoms with Gasteiger partial charge in [-0.25, -0.2) is 4.79 Å². The number of allylic oxidation sites excluding steroid dienone is 1. The van der Waals surface area contributed by atoms with Crippen LogP contribution in [0.2, 0.25) is 0 Å². The Labute approximate surface area is 157 Å². The molecule has 1 aromatic rings. The van der Waals surface area contributed by atoms with Crippen LogP contribution in [0.5, 0.6) is 0 Å². The standard InChI is InChI=1S/C21H24O6/c1-19(8-4-13-7-11-26-12-13)14(17(22)25-3)5-9-20(2)16(19)15-6-10-21(20,24)18(23)27-15/h4,6-8,10-12,14-16,24H,5,9H2,1-3H3/b8-4+/t14-,15+,16-,19+,20+,21-/m1/s1. The Hall–Kier alpha value is -2.34. The lowest BCUT2D eigenvalue weighted by molar-refractivity contribution is -0.241. The van der Waals surface area contributed by atoms with Crippen LogP contribution in [0.15, 0.2) is 41.2 Å². The Balaban J connectivity index is 1.84. The zero-order valence-corrected chi connectivity index (χ0v) is 15.7. The van der Waals surface area contributed by atoms with E-state index in [2.05, 4.69) is 0 Å². The van der Waals surface area contributed by atoms with Gasteiger partial charge in [-0.1, -0.05) is 26.0 Å². The van der Waals surface area contributed by atoms with Crippen molar-refractivity contribution < 1.29 is 28.6 Å². The van der Waals surface area contributed by atoms with Crippen LogP contribution >= 0.6 is 0 Å². The van der Waals surface area contributed by atoms with Gasteiger partial charge >= 0.3 is 11.9 Å². The number of fused-ring (bicyclic) bond motifs is 1. The van der Waals surface area contributed by atoms with E-state index in [1.807, 2.05) is 32.1 Å². The van der Waals surface area contributed by atoms with Crippen LogP contribution in [0.4, 0.5) is 0 Å². The summed E-state index contributed by atoms with van der Waals surface area (Å²) in [6.07, 6.45) is 11.0. The van der Waals surface area contributed by atoms with Gasteiger partial charge in [0.25, 0.3) is 0 Å². The van der Waals surface area contributed by atoms with Crippen LogP contribution in [0.3, 0.4) is 0 Å². The molecule has 6 atom stereocenters. The molecule has 5 rings (SSSR count). The van der Waals surface area contributed by atoms with Gasteiger partial charge in [-0.05, 0) is 31.1 Å². The van der Waals surface area contributed by atoms with E-state index in [0.29, 0.717) is 12.8 Å². The molecule has 1 saturated heterocycles. The number of rotatable bonds is 3. The molecule has 2 fully saturated rings. The molecule has 0 radical (unpaired) electrons. The predicted octanol–water partition coefficient (Wildman–Crippen LogP) is 2.73. The number of ether oxygens (including phenoxy) is 2. The summed E-state index contributed by atoms with van der Waals surface area (Å²) in [4.78, 5) is 25.0. The van der Waals surface area contributed by atoms with Crippen LogP contribution in [-0.4, -0.2) is 35.9 Å². The molecule has 2 aliphatic carbocycles. The molecule has 2 bridgehead atoms. The van der Waals surface area contributed by atoms with Gasteiger partial charge in [0.15, 0.2) is 5.60 Å². The summed E-state index contributed by atoms with van der Waals surface area (Å²) < 4.78 is 15.7. The molecule has 1 saturated carbocycles. The van der Waals surface area contributed by atoms with E-state index in [0.717, 1.165) is 5.56 Å². The second-order valence-electron chi connectivity index (χ2n) is 8.26. The molecule has 1 N–H and O–H groups in total. The van der Waals surface area contributed by atoms with Gasteiger partial charge in [0.2, 0.25) is 0 Å². The number of carbonyl (C=O) groups excluding carboxylic acids is 2.